The molecule has 19 heavy (non-hydrogen) atoms. The fourth-order valence-corrected chi connectivity index (χ4v) is 3.14. The van der Waals surface area contributed by atoms with E-state index in [4.69, 9.17) is 9.84 Å². The summed E-state index contributed by atoms with van der Waals surface area (Å²) < 4.78 is 5.48. The van der Waals surface area contributed by atoms with Crippen LogP contribution in [0.25, 0.3) is 0 Å². The third-order valence-corrected chi connectivity index (χ3v) is 4.26. The van der Waals surface area contributed by atoms with Gasteiger partial charge < -0.3 is 14.9 Å². The minimum Gasteiger partial charge on any atom is -0.394 e. The Balaban J connectivity index is 2.66. The van der Waals surface area contributed by atoms with Crippen molar-refractivity contribution in [1.82, 2.24) is 0 Å². The molecule has 0 bridgehead atoms. The molecule has 0 aliphatic heterocycles. The van der Waals surface area contributed by atoms with Crippen molar-refractivity contribution in [3.05, 3.63) is 0 Å². The van der Waals surface area contributed by atoms with E-state index < -0.39 is 12.2 Å². The highest BCUT2D eigenvalue weighted by molar-refractivity contribution is 5.57. The Labute approximate surface area is 116 Å². The molecule has 0 aromatic heterocycles. The monoisotopic (exact) mass is 271 g/mol. The van der Waals surface area contributed by atoms with Crippen molar-refractivity contribution in [2.75, 3.05) is 13.2 Å². The van der Waals surface area contributed by atoms with Gasteiger partial charge in [-0.15, -0.1) is 0 Å². The first-order valence-corrected chi connectivity index (χ1v) is 7.27. The van der Waals surface area contributed by atoms with Gasteiger partial charge in [0, 0.05) is 0 Å². The van der Waals surface area contributed by atoms with E-state index in [1.54, 1.807) is 0 Å². The lowest BCUT2D eigenvalue weighted by atomic mass is 9.68. The summed E-state index contributed by atoms with van der Waals surface area (Å²) in [7, 11) is 0. The Morgan fingerprint density at radius 1 is 1.32 bits per heavy atom. The first-order valence-electron chi connectivity index (χ1n) is 7.27. The van der Waals surface area contributed by atoms with Crippen LogP contribution < -0.4 is 0 Å². The Hall–Kier alpha value is -0.450. The summed E-state index contributed by atoms with van der Waals surface area (Å²) in [4.78, 5) is 11.2. The minimum absolute atomic E-state index is 0.00783. The van der Waals surface area contributed by atoms with E-state index in [0.29, 0.717) is 17.8 Å². The van der Waals surface area contributed by atoms with Crippen LogP contribution in [0.3, 0.4) is 0 Å². The van der Waals surface area contributed by atoms with Gasteiger partial charge >= 0.3 is 0 Å². The van der Waals surface area contributed by atoms with Crippen molar-refractivity contribution >= 4 is 6.29 Å². The molecule has 1 aliphatic rings. The standard InChI is InChI=1S/C15H27O4/c1-10(2)13-5-4-11(3)6-14(13)15(8-17)19-9-12(18)7-16/h10-16,18H,4-7,9H2,1-3H3. The molecular formula is C15H27O4. The molecule has 0 aromatic rings. The zero-order valence-electron chi connectivity index (χ0n) is 12.2. The number of hydrogen-bond donors (Lipinski definition) is 2. The number of rotatable bonds is 7. The summed E-state index contributed by atoms with van der Waals surface area (Å²) in [5, 5.41) is 18.1. The highest BCUT2D eigenvalue weighted by atomic mass is 16.5. The molecule has 0 heterocycles. The average Bonchev–Trinajstić information content (AvgIpc) is 2.38. The predicted molar refractivity (Wildman–Crippen MR) is 73.4 cm³/mol. The molecule has 0 aromatic carbocycles. The molecule has 4 heteroatoms. The second kappa shape index (κ2) is 7.98. The van der Waals surface area contributed by atoms with E-state index in [9.17, 15) is 9.90 Å². The molecule has 0 spiro atoms. The maximum Gasteiger partial charge on any atom is 0.230 e. The molecule has 1 fully saturated rings. The van der Waals surface area contributed by atoms with Crippen LogP contribution >= 0.6 is 0 Å². The lowest BCUT2D eigenvalue weighted by Crippen LogP contribution is -2.39. The van der Waals surface area contributed by atoms with Crippen LogP contribution in [0.15, 0.2) is 0 Å². The topological polar surface area (TPSA) is 66.8 Å². The molecule has 1 rings (SSSR count). The molecule has 1 radical (unpaired) electrons. The van der Waals surface area contributed by atoms with Crippen LogP contribution in [0, 0.1) is 23.7 Å². The zero-order valence-corrected chi connectivity index (χ0v) is 12.2. The van der Waals surface area contributed by atoms with Crippen LogP contribution in [-0.2, 0) is 9.53 Å². The summed E-state index contributed by atoms with van der Waals surface area (Å²) in [6, 6.07) is 0. The predicted octanol–water partition coefficient (Wildman–Crippen LogP) is 1.54. The molecule has 2 N–H and O–H groups in total. The summed E-state index contributed by atoms with van der Waals surface area (Å²) in [6.45, 7) is 6.20. The van der Waals surface area contributed by atoms with Crippen LogP contribution in [0.4, 0.5) is 0 Å². The second-order valence-electron chi connectivity index (χ2n) is 6.20. The third kappa shape index (κ3) is 4.86. The summed E-state index contributed by atoms with van der Waals surface area (Å²) >= 11 is 0. The molecule has 1 aliphatic carbocycles. The zero-order chi connectivity index (χ0) is 14.4. The van der Waals surface area contributed by atoms with Crippen LogP contribution in [0.2, 0.25) is 0 Å². The van der Waals surface area contributed by atoms with Gasteiger partial charge in [-0.2, -0.15) is 0 Å². The Bertz CT molecular complexity index is 267. The van der Waals surface area contributed by atoms with E-state index in [2.05, 4.69) is 20.8 Å². The molecular weight excluding hydrogens is 244 g/mol. The third-order valence-electron chi connectivity index (χ3n) is 4.26. The summed E-state index contributed by atoms with van der Waals surface area (Å²) in [5.41, 5.74) is 0. The van der Waals surface area contributed by atoms with Gasteiger partial charge in [0.15, 0.2) is 0 Å². The van der Waals surface area contributed by atoms with Gasteiger partial charge in [0.25, 0.3) is 0 Å². The van der Waals surface area contributed by atoms with Crippen LogP contribution in [0.1, 0.15) is 40.0 Å². The van der Waals surface area contributed by atoms with Gasteiger partial charge in [-0.1, -0.05) is 27.2 Å². The van der Waals surface area contributed by atoms with E-state index in [-0.39, 0.29) is 19.1 Å². The first kappa shape index (κ1) is 16.6. The SMILES string of the molecule is CC1CCC(C(C)C)C(C([C]=O)OCC(O)CO)C1. The van der Waals surface area contributed by atoms with Crippen LogP contribution in [-0.4, -0.2) is 41.9 Å². The minimum atomic E-state index is -0.922. The lowest BCUT2D eigenvalue weighted by Gasteiger charge is -2.39. The number of carbonyl (C=O) groups excluding carboxylic acids is 1. The molecule has 5 atom stereocenters. The largest absolute Gasteiger partial charge is 0.394 e. The number of aliphatic hydroxyl groups is 2. The quantitative estimate of drug-likeness (QED) is 0.737. The smallest absolute Gasteiger partial charge is 0.230 e. The van der Waals surface area contributed by atoms with E-state index >= 15 is 0 Å². The normalized spacial score (nSPS) is 31.2. The molecule has 5 unspecified atom stereocenters. The van der Waals surface area contributed by atoms with Crippen molar-refractivity contribution < 1.29 is 19.7 Å². The molecule has 1 saturated carbocycles. The van der Waals surface area contributed by atoms with Crippen molar-refractivity contribution in [3.8, 4) is 0 Å². The van der Waals surface area contributed by atoms with Gasteiger partial charge in [0.05, 0.1) is 13.2 Å². The van der Waals surface area contributed by atoms with Gasteiger partial charge in [-0.25, -0.2) is 0 Å². The second-order valence-corrected chi connectivity index (χ2v) is 6.20. The van der Waals surface area contributed by atoms with Gasteiger partial charge in [-0.3, -0.25) is 4.79 Å². The number of aliphatic hydroxyl groups excluding tert-OH is 2. The maximum atomic E-state index is 11.2. The highest BCUT2D eigenvalue weighted by Gasteiger charge is 2.37. The van der Waals surface area contributed by atoms with Crippen molar-refractivity contribution in [1.29, 1.82) is 0 Å². The van der Waals surface area contributed by atoms with E-state index in [0.717, 1.165) is 12.8 Å². The highest BCUT2D eigenvalue weighted by Crippen LogP contribution is 2.40. The van der Waals surface area contributed by atoms with Crippen molar-refractivity contribution in [3.63, 3.8) is 0 Å². The molecule has 0 amide bonds. The molecule has 0 saturated heterocycles. The van der Waals surface area contributed by atoms with E-state index in [1.165, 1.54) is 6.42 Å². The van der Waals surface area contributed by atoms with Gasteiger partial charge in [0.1, 0.15) is 12.2 Å². The molecule has 4 nitrogen and oxygen atoms in total. The van der Waals surface area contributed by atoms with Crippen molar-refractivity contribution in [2.45, 2.75) is 52.2 Å². The van der Waals surface area contributed by atoms with Crippen molar-refractivity contribution in [2.24, 2.45) is 23.7 Å². The number of hydrogen-bond acceptors (Lipinski definition) is 4. The average molecular weight is 271 g/mol. The Kier molecular flexibility index (Phi) is 6.97. The summed E-state index contributed by atoms with van der Waals surface area (Å²) in [5.74, 6) is 1.75. The van der Waals surface area contributed by atoms with E-state index in [1.807, 2.05) is 6.29 Å². The molecule has 111 valence electrons. The van der Waals surface area contributed by atoms with Crippen LogP contribution in [0.5, 0.6) is 0 Å². The fraction of sp³-hybridized carbons (Fsp3) is 0.933. The maximum absolute atomic E-state index is 11.2. The van der Waals surface area contributed by atoms with Gasteiger partial charge in [-0.05, 0) is 36.5 Å². The van der Waals surface area contributed by atoms with Gasteiger partial charge in [0.2, 0.25) is 6.29 Å². The lowest BCUT2D eigenvalue weighted by molar-refractivity contribution is -0.0486. The Morgan fingerprint density at radius 2 is 2.00 bits per heavy atom. The fourth-order valence-electron chi connectivity index (χ4n) is 3.14. The number of ether oxygens (including phenoxy) is 1. The first-order chi connectivity index (χ1) is 8.99. The summed E-state index contributed by atoms with van der Waals surface area (Å²) in [6.07, 6.45) is 3.77. The Morgan fingerprint density at radius 3 is 2.53 bits per heavy atom.